The molecule has 0 bridgehead atoms. The number of para-hydroxylation sites is 1. The third kappa shape index (κ3) is 4.87. The summed E-state index contributed by atoms with van der Waals surface area (Å²) in [7, 11) is 2.18. The van der Waals surface area contributed by atoms with Gasteiger partial charge < -0.3 is 15.6 Å². The molecule has 0 radical (unpaired) electrons. The van der Waals surface area contributed by atoms with E-state index in [-0.39, 0.29) is 6.04 Å². The minimum Gasteiger partial charge on any atom is -0.361 e. The van der Waals surface area contributed by atoms with E-state index in [0.717, 1.165) is 19.5 Å². The summed E-state index contributed by atoms with van der Waals surface area (Å²) < 4.78 is 0. The van der Waals surface area contributed by atoms with Gasteiger partial charge in [-0.05, 0) is 38.1 Å². The van der Waals surface area contributed by atoms with Gasteiger partial charge in [-0.25, -0.2) is 0 Å². The number of aromatic amines is 1. The molecule has 2 rings (SSSR count). The number of hydrogen-bond donors (Lipinski definition) is 2. The SMILES string of the molecule is CCCCCCN(C)CC(N)Cc1c[nH]c2ccccc12. The Bertz CT molecular complexity index is 532. The first-order chi connectivity index (χ1) is 10.2. The van der Waals surface area contributed by atoms with Crippen LogP contribution in [0.15, 0.2) is 30.5 Å². The molecule has 0 saturated carbocycles. The lowest BCUT2D eigenvalue weighted by atomic mass is 10.1. The van der Waals surface area contributed by atoms with E-state index < -0.39 is 0 Å². The van der Waals surface area contributed by atoms with Crippen LogP contribution in [0.1, 0.15) is 38.2 Å². The monoisotopic (exact) mass is 287 g/mol. The second-order valence-electron chi connectivity index (χ2n) is 6.15. The molecular formula is C18H29N3. The summed E-state index contributed by atoms with van der Waals surface area (Å²) in [6.45, 7) is 4.37. The molecule has 1 aromatic heterocycles. The highest BCUT2D eigenvalue weighted by atomic mass is 15.1. The number of nitrogens with two attached hydrogens (primary N) is 1. The summed E-state index contributed by atoms with van der Waals surface area (Å²) >= 11 is 0. The number of unbranched alkanes of at least 4 members (excludes halogenated alkanes) is 3. The highest BCUT2D eigenvalue weighted by Crippen LogP contribution is 2.18. The Kier molecular flexibility index (Phi) is 6.27. The van der Waals surface area contributed by atoms with E-state index >= 15 is 0 Å². The Morgan fingerprint density at radius 1 is 1.19 bits per heavy atom. The molecule has 2 aromatic rings. The molecule has 0 aliphatic rings. The van der Waals surface area contributed by atoms with Crippen LogP contribution in [0.3, 0.4) is 0 Å². The molecule has 0 amide bonds. The molecule has 0 aliphatic heterocycles. The van der Waals surface area contributed by atoms with Crippen LogP contribution < -0.4 is 5.73 Å². The molecule has 1 atom stereocenters. The topological polar surface area (TPSA) is 45.0 Å². The zero-order valence-electron chi connectivity index (χ0n) is 13.4. The third-order valence-electron chi connectivity index (χ3n) is 4.10. The largest absolute Gasteiger partial charge is 0.361 e. The molecule has 1 heterocycles. The second-order valence-corrected chi connectivity index (χ2v) is 6.15. The smallest absolute Gasteiger partial charge is 0.0456 e. The Balaban J connectivity index is 1.80. The van der Waals surface area contributed by atoms with Gasteiger partial charge in [0.1, 0.15) is 0 Å². The molecule has 0 saturated heterocycles. The molecule has 0 fully saturated rings. The standard InChI is InChI=1S/C18H29N3/c1-3-4-5-8-11-21(2)14-16(19)12-15-13-20-18-10-7-6-9-17(15)18/h6-7,9-10,13,16,20H,3-5,8,11-12,14,19H2,1-2H3. The van der Waals surface area contributed by atoms with Crippen molar-refractivity contribution in [2.45, 2.75) is 45.1 Å². The van der Waals surface area contributed by atoms with Crippen LogP contribution >= 0.6 is 0 Å². The normalized spacial score (nSPS) is 13.1. The predicted octanol–water partition coefficient (Wildman–Crippen LogP) is 3.55. The van der Waals surface area contributed by atoms with Gasteiger partial charge >= 0.3 is 0 Å². The Morgan fingerprint density at radius 2 is 2.00 bits per heavy atom. The van der Waals surface area contributed by atoms with Gasteiger partial charge in [0.25, 0.3) is 0 Å². The fourth-order valence-corrected chi connectivity index (χ4v) is 2.95. The molecule has 1 unspecified atom stereocenters. The predicted molar refractivity (Wildman–Crippen MR) is 91.6 cm³/mol. The zero-order chi connectivity index (χ0) is 15.1. The van der Waals surface area contributed by atoms with Crippen LogP contribution in [0.25, 0.3) is 10.9 Å². The minimum atomic E-state index is 0.195. The summed E-state index contributed by atoms with van der Waals surface area (Å²) in [4.78, 5) is 5.70. The van der Waals surface area contributed by atoms with Crippen LogP contribution in [0.4, 0.5) is 0 Å². The van der Waals surface area contributed by atoms with E-state index in [4.69, 9.17) is 5.73 Å². The molecule has 1 aromatic carbocycles. The molecule has 0 spiro atoms. The number of nitrogens with one attached hydrogen (secondary N) is 1. The van der Waals surface area contributed by atoms with Crippen LogP contribution in [0.5, 0.6) is 0 Å². The lowest BCUT2D eigenvalue weighted by Crippen LogP contribution is -2.37. The van der Waals surface area contributed by atoms with Gasteiger partial charge in [0.15, 0.2) is 0 Å². The maximum absolute atomic E-state index is 6.33. The van der Waals surface area contributed by atoms with Crippen LogP contribution in [-0.4, -0.2) is 36.1 Å². The average molecular weight is 287 g/mol. The third-order valence-corrected chi connectivity index (χ3v) is 4.10. The molecule has 3 nitrogen and oxygen atoms in total. The summed E-state index contributed by atoms with van der Waals surface area (Å²) in [6.07, 6.45) is 8.29. The summed E-state index contributed by atoms with van der Waals surface area (Å²) in [6, 6.07) is 8.63. The van der Waals surface area contributed by atoms with E-state index in [1.807, 2.05) is 0 Å². The highest BCUT2D eigenvalue weighted by Gasteiger charge is 2.10. The van der Waals surface area contributed by atoms with E-state index in [9.17, 15) is 0 Å². The number of nitrogens with zero attached hydrogens (tertiary/aromatic N) is 1. The molecular weight excluding hydrogens is 258 g/mol. The first kappa shape index (κ1) is 16.1. The van der Waals surface area contributed by atoms with Crippen molar-refractivity contribution in [3.8, 4) is 0 Å². The summed E-state index contributed by atoms with van der Waals surface area (Å²) in [5.41, 5.74) is 8.86. The number of H-pyrrole nitrogens is 1. The lowest BCUT2D eigenvalue weighted by molar-refractivity contribution is 0.302. The van der Waals surface area contributed by atoms with E-state index in [2.05, 4.69) is 54.3 Å². The lowest BCUT2D eigenvalue weighted by Gasteiger charge is -2.21. The van der Waals surface area contributed by atoms with Crippen molar-refractivity contribution in [3.63, 3.8) is 0 Å². The van der Waals surface area contributed by atoms with E-state index in [1.165, 1.54) is 42.1 Å². The highest BCUT2D eigenvalue weighted by molar-refractivity contribution is 5.83. The van der Waals surface area contributed by atoms with Crippen LogP contribution in [0.2, 0.25) is 0 Å². The first-order valence-electron chi connectivity index (χ1n) is 8.19. The van der Waals surface area contributed by atoms with Crippen LogP contribution in [0, 0.1) is 0 Å². The Labute approximate surface area is 128 Å². The number of likely N-dealkylation sites (N-methyl/N-ethyl adjacent to an activating group) is 1. The van der Waals surface area contributed by atoms with E-state index in [0.29, 0.717) is 0 Å². The fourth-order valence-electron chi connectivity index (χ4n) is 2.95. The number of rotatable bonds is 9. The number of benzene rings is 1. The van der Waals surface area contributed by atoms with Crippen molar-refractivity contribution in [2.75, 3.05) is 20.1 Å². The van der Waals surface area contributed by atoms with Gasteiger partial charge in [-0.2, -0.15) is 0 Å². The minimum absolute atomic E-state index is 0.195. The van der Waals surface area contributed by atoms with Gasteiger partial charge in [-0.15, -0.1) is 0 Å². The van der Waals surface area contributed by atoms with Gasteiger partial charge in [0.05, 0.1) is 0 Å². The molecule has 21 heavy (non-hydrogen) atoms. The van der Waals surface area contributed by atoms with Crippen molar-refractivity contribution in [1.29, 1.82) is 0 Å². The van der Waals surface area contributed by atoms with Crippen molar-refractivity contribution in [1.82, 2.24) is 9.88 Å². The fraction of sp³-hybridized carbons (Fsp3) is 0.556. The maximum atomic E-state index is 6.33. The van der Waals surface area contributed by atoms with Gasteiger partial charge in [0, 0.05) is 29.7 Å². The Hall–Kier alpha value is -1.32. The average Bonchev–Trinajstić information content (AvgIpc) is 2.87. The van der Waals surface area contributed by atoms with Crippen molar-refractivity contribution >= 4 is 10.9 Å². The van der Waals surface area contributed by atoms with Crippen LogP contribution in [-0.2, 0) is 6.42 Å². The summed E-state index contributed by atoms with van der Waals surface area (Å²) in [5, 5.41) is 1.30. The quantitative estimate of drug-likeness (QED) is 0.693. The van der Waals surface area contributed by atoms with Crippen molar-refractivity contribution < 1.29 is 0 Å². The first-order valence-corrected chi connectivity index (χ1v) is 8.19. The maximum Gasteiger partial charge on any atom is 0.0456 e. The molecule has 116 valence electrons. The number of aromatic nitrogens is 1. The zero-order valence-corrected chi connectivity index (χ0v) is 13.4. The van der Waals surface area contributed by atoms with Crippen molar-refractivity contribution in [3.05, 3.63) is 36.0 Å². The van der Waals surface area contributed by atoms with Gasteiger partial charge in [0.2, 0.25) is 0 Å². The molecule has 3 heteroatoms. The van der Waals surface area contributed by atoms with Gasteiger partial charge in [-0.1, -0.05) is 44.4 Å². The van der Waals surface area contributed by atoms with Crippen molar-refractivity contribution in [2.24, 2.45) is 5.73 Å². The van der Waals surface area contributed by atoms with E-state index in [1.54, 1.807) is 0 Å². The summed E-state index contributed by atoms with van der Waals surface area (Å²) in [5.74, 6) is 0. The Morgan fingerprint density at radius 3 is 2.81 bits per heavy atom. The molecule has 3 N–H and O–H groups in total. The molecule has 0 aliphatic carbocycles. The number of fused-ring (bicyclic) bond motifs is 1. The number of hydrogen-bond acceptors (Lipinski definition) is 2. The second kappa shape index (κ2) is 8.20. The van der Waals surface area contributed by atoms with Gasteiger partial charge in [-0.3, -0.25) is 0 Å².